The van der Waals surface area contributed by atoms with Crippen molar-refractivity contribution in [2.24, 2.45) is 0 Å². The van der Waals surface area contributed by atoms with E-state index in [1.807, 2.05) is 5.38 Å². The molecule has 1 fully saturated rings. The number of hydrogen-bond donors (Lipinski definition) is 1. The number of likely N-dealkylation sites (tertiary alicyclic amines) is 1. The van der Waals surface area contributed by atoms with Gasteiger partial charge in [-0.2, -0.15) is 11.3 Å². The van der Waals surface area contributed by atoms with Gasteiger partial charge in [-0.15, -0.1) is 0 Å². The van der Waals surface area contributed by atoms with Crippen molar-refractivity contribution in [3.05, 3.63) is 57.8 Å². The summed E-state index contributed by atoms with van der Waals surface area (Å²) in [7, 11) is 0. The van der Waals surface area contributed by atoms with E-state index in [0.717, 1.165) is 44.6 Å². The molecular formula is C19H22N2OS. The molecule has 4 heteroatoms. The van der Waals surface area contributed by atoms with Crippen LogP contribution in [0.1, 0.15) is 29.5 Å². The number of fused-ring (bicyclic) bond motifs is 2. The van der Waals surface area contributed by atoms with Crippen LogP contribution < -0.4 is 5.32 Å². The Balaban J connectivity index is 1.46. The Labute approximate surface area is 141 Å². The summed E-state index contributed by atoms with van der Waals surface area (Å²) in [6.45, 7) is 3.76. The largest absolute Gasteiger partial charge is 0.342 e. The summed E-state index contributed by atoms with van der Waals surface area (Å²) in [5.74, 6) is 0.273. The van der Waals surface area contributed by atoms with E-state index in [1.54, 1.807) is 11.3 Å². The van der Waals surface area contributed by atoms with Crippen molar-refractivity contribution in [2.75, 3.05) is 19.6 Å². The van der Waals surface area contributed by atoms with Crippen molar-refractivity contribution in [3.63, 3.8) is 0 Å². The minimum absolute atomic E-state index is 0.216. The van der Waals surface area contributed by atoms with Gasteiger partial charge in [0.15, 0.2) is 0 Å². The fourth-order valence-corrected chi connectivity index (χ4v) is 4.70. The van der Waals surface area contributed by atoms with E-state index in [4.69, 9.17) is 0 Å². The molecule has 1 saturated heterocycles. The van der Waals surface area contributed by atoms with Crippen LogP contribution in [-0.2, 0) is 23.2 Å². The van der Waals surface area contributed by atoms with Crippen LogP contribution in [0.5, 0.6) is 0 Å². The van der Waals surface area contributed by atoms with Gasteiger partial charge in [-0.3, -0.25) is 4.79 Å². The highest BCUT2D eigenvalue weighted by Crippen LogP contribution is 2.39. The molecule has 1 N–H and O–H groups in total. The molecule has 1 amide bonds. The molecule has 0 atom stereocenters. The lowest BCUT2D eigenvalue weighted by Gasteiger charge is -2.45. The molecule has 2 aliphatic rings. The fraction of sp³-hybridized carbons (Fsp3) is 0.421. The topological polar surface area (TPSA) is 32.3 Å². The third kappa shape index (κ3) is 2.81. The van der Waals surface area contributed by atoms with Crippen molar-refractivity contribution >= 4 is 17.2 Å². The van der Waals surface area contributed by atoms with Crippen LogP contribution in [-0.4, -0.2) is 30.4 Å². The molecule has 23 heavy (non-hydrogen) atoms. The lowest BCUT2D eigenvalue weighted by molar-refractivity contribution is -0.132. The van der Waals surface area contributed by atoms with Crippen LogP contribution in [0.15, 0.2) is 41.1 Å². The third-order valence-electron chi connectivity index (χ3n) is 5.38. The summed E-state index contributed by atoms with van der Waals surface area (Å²) >= 11 is 1.66. The van der Waals surface area contributed by atoms with Gasteiger partial charge in [0.25, 0.3) is 0 Å². The molecule has 4 rings (SSSR count). The van der Waals surface area contributed by atoms with Gasteiger partial charge in [0.2, 0.25) is 5.91 Å². The van der Waals surface area contributed by atoms with Gasteiger partial charge in [-0.1, -0.05) is 24.3 Å². The van der Waals surface area contributed by atoms with Crippen LogP contribution in [0, 0.1) is 0 Å². The predicted molar refractivity (Wildman–Crippen MR) is 93.7 cm³/mol. The SMILES string of the molecule is O=C(Cc1ccsc1)N1CCC2(CC1)CNCc1ccccc12. The molecule has 2 aromatic rings. The zero-order valence-corrected chi connectivity index (χ0v) is 14.1. The molecule has 0 bridgehead atoms. The number of rotatable bonds is 2. The molecule has 3 nitrogen and oxygen atoms in total. The van der Waals surface area contributed by atoms with E-state index in [1.165, 1.54) is 11.1 Å². The molecule has 2 aliphatic heterocycles. The molecule has 1 aromatic heterocycles. The van der Waals surface area contributed by atoms with E-state index < -0.39 is 0 Å². The van der Waals surface area contributed by atoms with Crippen LogP contribution >= 0.6 is 11.3 Å². The summed E-state index contributed by atoms with van der Waals surface area (Å²) in [5.41, 5.74) is 4.29. The normalized spacial score (nSPS) is 19.6. The Morgan fingerprint density at radius 3 is 2.83 bits per heavy atom. The van der Waals surface area contributed by atoms with Crippen LogP contribution in [0.2, 0.25) is 0 Å². The maximum Gasteiger partial charge on any atom is 0.227 e. The van der Waals surface area contributed by atoms with Crippen LogP contribution in [0.3, 0.4) is 0 Å². The van der Waals surface area contributed by atoms with Gasteiger partial charge in [0.05, 0.1) is 6.42 Å². The molecule has 0 radical (unpaired) electrons. The highest BCUT2D eigenvalue weighted by atomic mass is 32.1. The lowest BCUT2D eigenvalue weighted by Crippen LogP contribution is -2.52. The van der Waals surface area contributed by atoms with Gasteiger partial charge in [0.1, 0.15) is 0 Å². The summed E-state index contributed by atoms with van der Waals surface area (Å²) in [6, 6.07) is 10.9. The first-order chi connectivity index (χ1) is 11.3. The summed E-state index contributed by atoms with van der Waals surface area (Å²) in [6.07, 6.45) is 2.67. The second-order valence-electron chi connectivity index (χ2n) is 6.73. The lowest BCUT2D eigenvalue weighted by atomic mass is 9.69. The summed E-state index contributed by atoms with van der Waals surface area (Å²) in [4.78, 5) is 14.6. The first-order valence-electron chi connectivity index (χ1n) is 8.35. The number of carbonyl (C=O) groups excluding carboxylic acids is 1. The van der Waals surface area contributed by atoms with Crippen molar-refractivity contribution in [1.82, 2.24) is 10.2 Å². The Bertz CT molecular complexity index is 687. The Hall–Kier alpha value is -1.65. The standard InChI is InChI=1S/C19H22N2OS/c22-18(11-15-5-10-23-13-15)21-8-6-19(7-9-21)14-20-12-16-3-1-2-4-17(16)19/h1-5,10,13,20H,6-9,11-12,14H2. The Kier molecular flexibility index (Phi) is 3.95. The second-order valence-corrected chi connectivity index (χ2v) is 7.51. The van der Waals surface area contributed by atoms with E-state index in [-0.39, 0.29) is 11.3 Å². The smallest absolute Gasteiger partial charge is 0.227 e. The summed E-state index contributed by atoms with van der Waals surface area (Å²) in [5, 5.41) is 7.69. The van der Waals surface area contributed by atoms with Gasteiger partial charge < -0.3 is 10.2 Å². The summed E-state index contributed by atoms with van der Waals surface area (Å²) < 4.78 is 0. The number of benzene rings is 1. The molecule has 1 spiro atoms. The zero-order chi connectivity index (χ0) is 15.7. The minimum Gasteiger partial charge on any atom is -0.342 e. The Morgan fingerprint density at radius 2 is 2.04 bits per heavy atom. The van der Waals surface area contributed by atoms with Crippen molar-refractivity contribution in [2.45, 2.75) is 31.2 Å². The van der Waals surface area contributed by atoms with Crippen molar-refractivity contribution in [3.8, 4) is 0 Å². The molecule has 3 heterocycles. The molecular weight excluding hydrogens is 304 g/mol. The first-order valence-corrected chi connectivity index (χ1v) is 9.29. The average molecular weight is 326 g/mol. The number of piperidine rings is 1. The predicted octanol–water partition coefficient (Wildman–Crippen LogP) is 2.95. The van der Waals surface area contributed by atoms with Gasteiger partial charge in [-0.05, 0) is 46.4 Å². The maximum absolute atomic E-state index is 12.5. The van der Waals surface area contributed by atoms with Gasteiger partial charge in [-0.25, -0.2) is 0 Å². The van der Waals surface area contributed by atoms with Crippen LogP contribution in [0.25, 0.3) is 0 Å². The molecule has 120 valence electrons. The molecule has 0 aliphatic carbocycles. The number of hydrogen-bond acceptors (Lipinski definition) is 3. The highest BCUT2D eigenvalue weighted by Gasteiger charge is 2.40. The number of nitrogens with one attached hydrogen (secondary N) is 1. The van der Waals surface area contributed by atoms with E-state index in [0.29, 0.717) is 6.42 Å². The minimum atomic E-state index is 0.216. The number of nitrogens with zero attached hydrogens (tertiary/aromatic N) is 1. The Morgan fingerprint density at radius 1 is 1.22 bits per heavy atom. The second kappa shape index (κ2) is 6.10. The van der Waals surface area contributed by atoms with Gasteiger partial charge in [0, 0.05) is 31.6 Å². The first kappa shape index (κ1) is 14.9. The van der Waals surface area contributed by atoms with E-state index in [9.17, 15) is 4.79 Å². The quantitative estimate of drug-likeness (QED) is 0.920. The van der Waals surface area contributed by atoms with Gasteiger partial charge >= 0.3 is 0 Å². The molecule has 1 aromatic carbocycles. The van der Waals surface area contributed by atoms with E-state index >= 15 is 0 Å². The van der Waals surface area contributed by atoms with Crippen LogP contribution in [0.4, 0.5) is 0 Å². The van der Waals surface area contributed by atoms with Crippen molar-refractivity contribution in [1.29, 1.82) is 0 Å². The van der Waals surface area contributed by atoms with Crippen molar-refractivity contribution < 1.29 is 4.79 Å². The molecule has 0 unspecified atom stereocenters. The average Bonchev–Trinajstić information content (AvgIpc) is 3.09. The number of carbonyl (C=O) groups is 1. The highest BCUT2D eigenvalue weighted by molar-refractivity contribution is 7.08. The fourth-order valence-electron chi connectivity index (χ4n) is 4.03. The van der Waals surface area contributed by atoms with E-state index in [2.05, 4.69) is 45.9 Å². The molecule has 0 saturated carbocycles. The zero-order valence-electron chi connectivity index (χ0n) is 13.3. The third-order valence-corrected chi connectivity index (χ3v) is 6.11. The number of amides is 1. The maximum atomic E-state index is 12.5. The monoisotopic (exact) mass is 326 g/mol. The number of thiophene rings is 1.